The second-order valence-electron chi connectivity index (χ2n) is 3.88. The number of hydrogen-bond donors (Lipinski definition) is 2. The van der Waals surface area contributed by atoms with Gasteiger partial charge in [0, 0.05) is 14.1 Å². The summed E-state index contributed by atoms with van der Waals surface area (Å²) in [5, 5.41) is 11.0. The van der Waals surface area contributed by atoms with E-state index in [1.54, 1.807) is 0 Å². The number of benzene rings is 1. The van der Waals surface area contributed by atoms with E-state index in [-0.39, 0.29) is 0 Å². The first kappa shape index (κ1) is 16.1. The van der Waals surface area contributed by atoms with Crippen LogP contribution in [0.1, 0.15) is 10.4 Å². The zero-order valence-electron chi connectivity index (χ0n) is 10.8. The van der Waals surface area contributed by atoms with E-state index in [1.807, 2.05) is 0 Å². The number of likely N-dealkylation sites (N-methyl/N-ethyl adjacent to an activating group) is 2. The number of rotatable bonds is 5. The van der Waals surface area contributed by atoms with Crippen LogP contribution in [0.3, 0.4) is 0 Å². The lowest BCUT2D eigenvalue weighted by Crippen LogP contribution is -2.36. The molecule has 0 fully saturated rings. The molecule has 0 saturated carbocycles. The molecule has 0 aromatic heterocycles. The van der Waals surface area contributed by atoms with Gasteiger partial charge in [-0.1, -0.05) is 0 Å². The minimum absolute atomic E-state index is 0.400. The standard InChI is InChI=1S/C11H13FN2O5S/c1-13-10(15)6-14(2)20(18,19)7-3-4-9(12)8(5-7)11(16)17/h3-5H,6H2,1-2H3,(H,13,15)(H,16,17). The molecule has 0 spiro atoms. The van der Waals surface area contributed by atoms with Gasteiger partial charge in [-0.2, -0.15) is 4.31 Å². The summed E-state index contributed by atoms with van der Waals surface area (Å²) >= 11 is 0. The summed E-state index contributed by atoms with van der Waals surface area (Å²) in [6, 6.07) is 2.41. The first-order chi connectivity index (χ1) is 9.20. The van der Waals surface area contributed by atoms with Crippen molar-refractivity contribution in [3.63, 3.8) is 0 Å². The molecule has 0 aliphatic heterocycles. The van der Waals surface area contributed by atoms with Crippen LogP contribution in [0.4, 0.5) is 4.39 Å². The van der Waals surface area contributed by atoms with E-state index in [2.05, 4.69) is 5.32 Å². The fraction of sp³-hybridized carbons (Fsp3) is 0.273. The molecule has 110 valence electrons. The van der Waals surface area contributed by atoms with Gasteiger partial charge in [0.1, 0.15) is 5.82 Å². The lowest BCUT2D eigenvalue weighted by Gasteiger charge is -2.16. The van der Waals surface area contributed by atoms with E-state index >= 15 is 0 Å². The Morgan fingerprint density at radius 2 is 2.00 bits per heavy atom. The van der Waals surface area contributed by atoms with Gasteiger partial charge in [-0.3, -0.25) is 4.79 Å². The summed E-state index contributed by atoms with van der Waals surface area (Å²) in [4.78, 5) is 21.5. The third-order valence-corrected chi connectivity index (χ3v) is 4.32. The molecule has 0 atom stereocenters. The summed E-state index contributed by atoms with van der Waals surface area (Å²) in [6.45, 7) is -0.432. The summed E-state index contributed by atoms with van der Waals surface area (Å²) in [5.74, 6) is -3.14. The van der Waals surface area contributed by atoms with Crippen molar-refractivity contribution < 1.29 is 27.5 Å². The minimum atomic E-state index is -4.07. The molecule has 20 heavy (non-hydrogen) atoms. The molecular formula is C11H13FN2O5S. The highest BCUT2D eigenvalue weighted by molar-refractivity contribution is 7.89. The number of sulfonamides is 1. The predicted molar refractivity (Wildman–Crippen MR) is 67.2 cm³/mol. The first-order valence-electron chi connectivity index (χ1n) is 5.40. The Kier molecular flexibility index (Phi) is 4.79. The fourth-order valence-electron chi connectivity index (χ4n) is 1.37. The van der Waals surface area contributed by atoms with E-state index in [0.717, 1.165) is 23.5 Å². The first-order valence-corrected chi connectivity index (χ1v) is 6.84. The molecule has 7 nitrogen and oxygen atoms in total. The SMILES string of the molecule is CNC(=O)CN(C)S(=O)(=O)c1ccc(F)c(C(=O)O)c1. The zero-order valence-corrected chi connectivity index (χ0v) is 11.6. The highest BCUT2D eigenvalue weighted by Crippen LogP contribution is 2.18. The number of nitrogens with one attached hydrogen (secondary N) is 1. The van der Waals surface area contributed by atoms with Gasteiger partial charge in [0.15, 0.2) is 0 Å². The Balaban J connectivity index is 3.19. The van der Waals surface area contributed by atoms with E-state index in [1.165, 1.54) is 7.05 Å². The number of aromatic carboxylic acids is 1. The normalized spacial score (nSPS) is 11.4. The zero-order chi connectivity index (χ0) is 15.5. The van der Waals surface area contributed by atoms with Crippen molar-refractivity contribution in [2.75, 3.05) is 20.6 Å². The summed E-state index contributed by atoms with van der Waals surface area (Å²) in [6.07, 6.45) is 0. The van der Waals surface area contributed by atoms with Gasteiger partial charge in [0.05, 0.1) is 17.0 Å². The van der Waals surface area contributed by atoms with Crippen molar-refractivity contribution >= 4 is 21.9 Å². The average Bonchev–Trinajstić information content (AvgIpc) is 2.38. The highest BCUT2D eigenvalue weighted by Gasteiger charge is 2.24. The van der Waals surface area contributed by atoms with Gasteiger partial charge in [-0.05, 0) is 18.2 Å². The van der Waals surface area contributed by atoms with E-state index in [4.69, 9.17) is 5.11 Å². The average molecular weight is 304 g/mol. The predicted octanol–water partition coefficient (Wildman–Crippen LogP) is -0.110. The molecule has 0 aliphatic carbocycles. The number of carbonyl (C=O) groups excluding carboxylic acids is 1. The monoisotopic (exact) mass is 304 g/mol. The number of nitrogens with zero attached hydrogens (tertiary/aromatic N) is 1. The van der Waals surface area contributed by atoms with Crippen LogP contribution in [0.2, 0.25) is 0 Å². The van der Waals surface area contributed by atoms with Gasteiger partial charge < -0.3 is 10.4 Å². The molecule has 1 rings (SSSR count). The van der Waals surface area contributed by atoms with Gasteiger partial charge in [-0.25, -0.2) is 17.6 Å². The van der Waals surface area contributed by atoms with Crippen molar-refractivity contribution in [1.29, 1.82) is 0 Å². The molecule has 0 aliphatic rings. The molecule has 0 unspecified atom stereocenters. The lowest BCUT2D eigenvalue weighted by molar-refractivity contribution is -0.120. The number of hydrogen-bond acceptors (Lipinski definition) is 4. The Labute approximate surface area is 115 Å². The molecule has 0 bridgehead atoms. The van der Waals surface area contributed by atoms with Crippen LogP contribution in [0.15, 0.2) is 23.1 Å². The highest BCUT2D eigenvalue weighted by atomic mass is 32.2. The molecule has 1 aromatic rings. The Morgan fingerprint density at radius 3 is 2.50 bits per heavy atom. The Morgan fingerprint density at radius 1 is 1.40 bits per heavy atom. The number of carbonyl (C=O) groups is 2. The van der Waals surface area contributed by atoms with Crippen molar-refractivity contribution in [2.24, 2.45) is 0 Å². The van der Waals surface area contributed by atoms with E-state index in [0.29, 0.717) is 6.07 Å². The largest absolute Gasteiger partial charge is 0.478 e. The molecular weight excluding hydrogens is 291 g/mol. The molecule has 2 N–H and O–H groups in total. The van der Waals surface area contributed by atoms with E-state index < -0.39 is 44.7 Å². The van der Waals surface area contributed by atoms with Crippen LogP contribution in [-0.2, 0) is 14.8 Å². The maximum atomic E-state index is 13.2. The molecule has 1 amide bonds. The second kappa shape index (κ2) is 5.97. The third-order valence-electron chi connectivity index (χ3n) is 2.52. The van der Waals surface area contributed by atoms with Crippen molar-refractivity contribution in [2.45, 2.75) is 4.90 Å². The fourth-order valence-corrected chi connectivity index (χ4v) is 2.53. The van der Waals surface area contributed by atoms with Crippen molar-refractivity contribution in [1.82, 2.24) is 9.62 Å². The van der Waals surface area contributed by atoms with Crippen LogP contribution < -0.4 is 5.32 Å². The quantitative estimate of drug-likeness (QED) is 0.790. The van der Waals surface area contributed by atoms with Crippen molar-refractivity contribution in [3.8, 4) is 0 Å². The third kappa shape index (κ3) is 3.31. The summed E-state index contributed by atoms with van der Waals surface area (Å²) in [7, 11) is -1.56. The van der Waals surface area contributed by atoms with Crippen LogP contribution in [-0.4, -0.2) is 50.3 Å². The Hall–Kier alpha value is -2.00. The van der Waals surface area contributed by atoms with E-state index in [9.17, 15) is 22.4 Å². The number of carboxylic acid groups (broad SMARTS) is 1. The maximum Gasteiger partial charge on any atom is 0.338 e. The topological polar surface area (TPSA) is 104 Å². The van der Waals surface area contributed by atoms with Gasteiger partial charge in [-0.15, -0.1) is 0 Å². The Bertz CT molecular complexity index is 644. The second-order valence-corrected chi connectivity index (χ2v) is 5.93. The molecule has 1 aromatic carbocycles. The van der Waals surface area contributed by atoms with Crippen LogP contribution in [0.5, 0.6) is 0 Å². The van der Waals surface area contributed by atoms with Crippen LogP contribution in [0, 0.1) is 5.82 Å². The number of carboxylic acids is 1. The lowest BCUT2D eigenvalue weighted by atomic mass is 10.2. The van der Waals surface area contributed by atoms with Crippen LogP contribution >= 0.6 is 0 Å². The minimum Gasteiger partial charge on any atom is -0.478 e. The summed E-state index contributed by atoms with van der Waals surface area (Å²) in [5.41, 5.74) is -0.751. The molecule has 0 radical (unpaired) electrons. The summed E-state index contributed by atoms with van der Waals surface area (Å²) < 4.78 is 38.2. The van der Waals surface area contributed by atoms with Gasteiger partial charge >= 0.3 is 5.97 Å². The molecule has 9 heteroatoms. The number of halogens is 1. The van der Waals surface area contributed by atoms with Gasteiger partial charge in [0.2, 0.25) is 15.9 Å². The van der Waals surface area contributed by atoms with Crippen LogP contribution in [0.25, 0.3) is 0 Å². The molecule has 0 heterocycles. The smallest absolute Gasteiger partial charge is 0.338 e. The van der Waals surface area contributed by atoms with Gasteiger partial charge in [0.25, 0.3) is 0 Å². The maximum absolute atomic E-state index is 13.2. The number of amides is 1. The van der Waals surface area contributed by atoms with Crippen molar-refractivity contribution in [3.05, 3.63) is 29.6 Å². The molecule has 0 saturated heterocycles.